The third kappa shape index (κ3) is 4.25. The first-order chi connectivity index (χ1) is 14.0. The maximum Gasteiger partial charge on any atom is 0.251 e. The molecule has 1 unspecified atom stereocenters. The molecule has 2 aromatic rings. The number of hydrogen-bond acceptors (Lipinski definition) is 4. The van der Waals surface area contributed by atoms with E-state index in [1.807, 2.05) is 5.32 Å². The van der Waals surface area contributed by atoms with Gasteiger partial charge in [-0.25, -0.2) is 21.6 Å². The van der Waals surface area contributed by atoms with E-state index in [9.17, 15) is 31.2 Å². The van der Waals surface area contributed by atoms with Crippen LogP contribution in [-0.4, -0.2) is 39.1 Å². The zero-order chi connectivity index (χ0) is 22.2. The Morgan fingerprint density at radius 1 is 1.13 bits per heavy atom. The van der Waals surface area contributed by atoms with Crippen LogP contribution in [0.4, 0.5) is 24.5 Å². The predicted molar refractivity (Wildman–Crippen MR) is 104 cm³/mol. The summed E-state index contributed by atoms with van der Waals surface area (Å²) in [6.45, 7) is 1.21. The first-order valence-corrected chi connectivity index (χ1v) is 10.7. The maximum atomic E-state index is 13.6. The van der Waals surface area contributed by atoms with Crippen molar-refractivity contribution in [3.63, 3.8) is 0 Å². The van der Waals surface area contributed by atoms with E-state index in [2.05, 4.69) is 5.32 Å². The number of anilines is 2. The Morgan fingerprint density at radius 2 is 1.83 bits per heavy atom. The molecule has 0 aliphatic carbocycles. The van der Waals surface area contributed by atoms with Crippen molar-refractivity contribution in [2.24, 2.45) is 0 Å². The molecule has 1 heterocycles. The molecule has 160 valence electrons. The van der Waals surface area contributed by atoms with Gasteiger partial charge in [-0.15, -0.1) is 0 Å². The summed E-state index contributed by atoms with van der Waals surface area (Å²) < 4.78 is 64.9. The van der Waals surface area contributed by atoms with Crippen molar-refractivity contribution in [1.29, 1.82) is 0 Å². The molecule has 3 rings (SSSR count). The number of hydrogen-bond donors (Lipinski definition) is 2. The average Bonchev–Trinajstić information content (AvgIpc) is 3.01. The Kier molecular flexibility index (Phi) is 5.75. The lowest BCUT2D eigenvalue weighted by atomic mass is 10.1. The zero-order valence-corrected chi connectivity index (χ0v) is 16.8. The highest BCUT2D eigenvalue weighted by molar-refractivity contribution is 7.92. The Labute approximate surface area is 170 Å². The van der Waals surface area contributed by atoms with Crippen molar-refractivity contribution >= 4 is 33.2 Å². The quantitative estimate of drug-likeness (QED) is 0.696. The van der Waals surface area contributed by atoms with Gasteiger partial charge in [0.2, 0.25) is 15.9 Å². The standard InChI is InChI=1S/C19H18F3N3O4S/c1-10-7-12-8-11(3-6-15(12)25(10)30(2,28)29)19(27)23-9-16(26)24-14-5-4-13(20)17(21)18(14)22/h3-6,8,10H,7,9H2,1-2H3,(H,23,27)(H,24,26). The van der Waals surface area contributed by atoms with Crippen LogP contribution in [0.2, 0.25) is 0 Å². The molecule has 1 atom stereocenters. The van der Waals surface area contributed by atoms with Gasteiger partial charge in [0.15, 0.2) is 17.5 Å². The third-order valence-corrected chi connectivity index (χ3v) is 5.84. The predicted octanol–water partition coefficient (Wildman–Crippen LogP) is 2.18. The van der Waals surface area contributed by atoms with Crippen LogP contribution in [0, 0.1) is 17.5 Å². The number of carbonyl (C=O) groups excluding carboxylic acids is 2. The number of nitrogens with one attached hydrogen (secondary N) is 2. The summed E-state index contributed by atoms with van der Waals surface area (Å²) in [7, 11) is -3.46. The summed E-state index contributed by atoms with van der Waals surface area (Å²) in [5.41, 5.74) is 0.825. The number of carbonyl (C=O) groups is 2. The molecule has 2 aromatic carbocycles. The van der Waals surface area contributed by atoms with Gasteiger partial charge < -0.3 is 10.6 Å². The average molecular weight is 441 g/mol. The van der Waals surface area contributed by atoms with Crippen LogP contribution in [0.25, 0.3) is 0 Å². The van der Waals surface area contributed by atoms with Crippen molar-refractivity contribution in [3.8, 4) is 0 Å². The van der Waals surface area contributed by atoms with E-state index in [0.29, 0.717) is 23.7 Å². The Bertz CT molecular complexity index is 1140. The largest absolute Gasteiger partial charge is 0.343 e. The molecule has 2 N–H and O–H groups in total. The summed E-state index contributed by atoms with van der Waals surface area (Å²) in [5, 5.41) is 4.38. The van der Waals surface area contributed by atoms with Gasteiger partial charge in [-0.05, 0) is 49.2 Å². The molecular weight excluding hydrogens is 423 g/mol. The van der Waals surface area contributed by atoms with E-state index in [1.54, 1.807) is 13.0 Å². The highest BCUT2D eigenvalue weighted by Gasteiger charge is 2.32. The van der Waals surface area contributed by atoms with Crippen molar-refractivity contribution in [3.05, 3.63) is 58.9 Å². The number of benzene rings is 2. The third-order valence-electron chi connectivity index (χ3n) is 4.57. The van der Waals surface area contributed by atoms with Crippen LogP contribution in [0.3, 0.4) is 0 Å². The van der Waals surface area contributed by atoms with Crippen LogP contribution in [0.15, 0.2) is 30.3 Å². The zero-order valence-electron chi connectivity index (χ0n) is 16.0. The smallest absolute Gasteiger partial charge is 0.251 e. The second-order valence-corrected chi connectivity index (χ2v) is 8.77. The second kappa shape index (κ2) is 7.98. The van der Waals surface area contributed by atoms with Gasteiger partial charge >= 0.3 is 0 Å². The molecule has 0 bridgehead atoms. The van der Waals surface area contributed by atoms with E-state index in [1.165, 1.54) is 16.4 Å². The molecule has 1 aliphatic rings. The summed E-state index contributed by atoms with van der Waals surface area (Å²) in [6.07, 6.45) is 1.53. The van der Waals surface area contributed by atoms with E-state index >= 15 is 0 Å². The molecule has 0 radical (unpaired) electrons. The molecule has 1 aliphatic heterocycles. The minimum Gasteiger partial charge on any atom is -0.343 e. The molecule has 0 saturated heterocycles. The van der Waals surface area contributed by atoms with E-state index in [0.717, 1.165) is 12.3 Å². The van der Waals surface area contributed by atoms with Gasteiger partial charge in [-0.2, -0.15) is 0 Å². The van der Waals surface area contributed by atoms with E-state index in [-0.39, 0.29) is 11.6 Å². The lowest BCUT2D eigenvalue weighted by Crippen LogP contribution is -2.34. The SMILES string of the molecule is CC1Cc2cc(C(=O)NCC(=O)Nc3ccc(F)c(F)c3F)ccc2N1S(C)(=O)=O. The maximum absolute atomic E-state index is 13.6. The fourth-order valence-electron chi connectivity index (χ4n) is 3.33. The minimum absolute atomic E-state index is 0.211. The van der Waals surface area contributed by atoms with Gasteiger partial charge in [0.1, 0.15) is 0 Å². The number of sulfonamides is 1. The summed E-state index contributed by atoms with van der Waals surface area (Å²) >= 11 is 0. The second-order valence-electron chi connectivity index (χ2n) is 6.91. The fourth-order valence-corrected chi connectivity index (χ4v) is 4.59. The first kappa shape index (κ1) is 21.6. The van der Waals surface area contributed by atoms with Gasteiger partial charge in [0, 0.05) is 11.6 Å². The van der Waals surface area contributed by atoms with Gasteiger partial charge in [0.05, 0.1) is 24.2 Å². The molecular formula is C19H18F3N3O4S. The Balaban J connectivity index is 1.66. The summed E-state index contributed by atoms with van der Waals surface area (Å²) in [5.74, 6) is -6.10. The number of fused-ring (bicyclic) bond motifs is 1. The lowest BCUT2D eigenvalue weighted by Gasteiger charge is -2.21. The number of rotatable bonds is 5. The normalized spacial score (nSPS) is 15.6. The molecule has 0 fully saturated rings. The first-order valence-electron chi connectivity index (χ1n) is 8.83. The van der Waals surface area contributed by atoms with Crippen LogP contribution in [-0.2, 0) is 21.2 Å². The topological polar surface area (TPSA) is 95.6 Å². The molecule has 2 amide bonds. The number of amides is 2. The summed E-state index contributed by atoms with van der Waals surface area (Å²) in [6, 6.07) is 5.73. The monoisotopic (exact) mass is 441 g/mol. The van der Waals surface area contributed by atoms with Crippen LogP contribution >= 0.6 is 0 Å². The van der Waals surface area contributed by atoms with Crippen molar-refractivity contribution in [2.45, 2.75) is 19.4 Å². The molecule has 0 saturated carbocycles. The Morgan fingerprint density at radius 3 is 2.50 bits per heavy atom. The number of halogens is 3. The van der Waals surface area contributed by atoms with Gasteiger partial charge in [-0.1, -0.05) is 0 Å². The highest BCUT2D eigenvalue weighted by atomic mass is 32.2. The van der Waals surface area contributed by atoms with Crippen molar-refractivity contribution in [2.75, 3.05) is 22.4 Å². The van der Waals surface area contributed by atoms with Crippen molar-refractivity contribution in [1.82, 2.24) is 5.32 Å². The fraction of sp³-hybridized carbons (Fsp3) is 0.263. The molecule has 30 heavy (non-hydrogen) atoms. The van der Waals surface area contributed by atoms with Gasteiger partial charge in [0.25, 0.3) is 5.91 Å². The molecule has 0 spiro atoms. The minimum atomic E-state index is -3.46. The van der Waals surface area contributed by atoms with Crippen molar-refractivity contribution < 1.29 is 31.2 Å². The van der Waals surface area contributed by atoms with E-state index < -0.39 is 51.5 Å². The molecule has 11 heteroatoms. The molecule has 7 nitrogen and oxygen atoms in total. The summed E-state index contributed by atoms with van der Waals surface area (Å²) in [4.78, 5) is 24.2. The number of nitrogens with zero attached hydrogens (tertiary/aromatic N) is 1. The van der Waals surface area contributed by atoms with Gasteiger partial charge in [-0.3, -0.25) is 13.9 Å². The molecule has 0 aromatic heterocycles. The van der Waals surface area contributed by atoms with E-state index in [4.69, 9.17) is 0 Å². The van der Waals surface area contributed by atoms with Crippen LogP contribution < -0.4 is 14.9 Å². The highest BCUT2D eigenvalue weighted by Crippen LogP contribution is 2.34. The van der Waals surface area contributed by atoms with Crippen LogP contribution in [0.1, 0.15) is 22.8 Å². The lowest BCUT2D eigenvalue weighted by molar-refractivity contribution is -0.115. The van der Waals surface area contributed by atoms with Crippen LogP contribution in [0.5, 0.6) is 0 Å². The Hall–Kier alpha value is -3.08.